The second kappa shape index (κ2) is 5.57. The number of likely N-dealkylation sites (tertiary alicyclic amines) is 1. The van der Waals surface area contributed by atoms with E-state index in [1.54, 1.807) is 12.4 Å². The predicted molar refractivity (Wildman–Crippen MR) is 77.7 cm³/mol. The van der Waals surface area contributed by atoms with Gasteiger partial charge in [-0.1, -0.05) is 0 Å². The molecule has 2 aliphatic heterocycles. The van der Waals surface area contributed by atoms with Gasteiger partial charge in [-0.2, -0.15) is 4.99 Å². The highest BCUT2D eigenvalue weighted by molar-refractivity contribution is 8.18. The number of amides is 1. The number of aromatic nitrogens is 1. The number of pyridine rings is 1. The van der Waals surface area contributed by atoms with Crippen LogP contribution in [0.15, 0.2) is 34.4 Å². The van der Waals surface area contributed by atoms with E-state index in [1.807, 2.05) is 18.2 Å². The molecule has 0 spiro atoms. The number of carbonyl (C=O) groups is 1. The Morgan fingerprint density at radius 1 is 1.16 bits per heavy atom. The summed E-state index contributed by atoms with van der Waals surface area (Å²) in [5.74, 6) is -0.123. The van der Waals surface area contributed by atoms with Crippen LogP contribution in [-0.4, -0.2) is 34.0 Å². The van der Waals surface area contributed by atoms with Crippen molar-refractivity contribution in [1.82, 2.24) is 9.88 Å². The van der Waals surface area contributed by atoms with Gasteiger partial charge in [0.1, 0.15) is 0 Å². The number of nitrogens with zero attached hydrogens (tertiary/aromatic N) is 3. The summed E-state index contributed by atoms with van der Waals surface area (Å²) in [7, 11) is 0. The zero-order chi connectivity index (χ0) is 13.1. The van der Waals surface area contributed by atoms with Crippen molar-refractivity contribution in [3.63, 3.8) is 0 Å². The van der Waals surface area contributed by atoms with Crippen LogP contribution in [0.3, 0.4) is 0 Å². The number of hydrogen-bond acceptors (Lipinski definition) is 4. The van der Waals surface area contributed by atoms with Gasteiger partial charge in [0, 0.05) is 25.5 Å². The largest absolute Gasteiger partial charge is 0.351 e. The molecule has 5 heteroatoms. The lowest BCUT2D eigenvalue weighted by atomic mass is 10.1. The Morgan fingerprint density at radius 3 is 2.63 bits per heavy atom. The van der Waals surface area contributed by atoms with Crippen molar-refractivity contribution >= 4 is 28.9 Å². The molecule has 0 N–H and O–H groups in total. The monoisotopic (exact) mass is 273 g/mol. The van der Waals surface area contributed by atoms with Crippen LogP contribution in [0.4, 0.5) is 0 Å². The summed E-state index contributed by atoms with van der Waals surface area (Å²) >= 11 is 1.49. The number of piperidine rings is 1. The molecule has 2 aliphatic rings. The Labute approximate surface area is 116 Å². The van der Waals surface area contributed by atoms with Crippen LogP contribution in [0.5, 0.6) is 0 Å². The van der Waals surface area contributed by atoms with Gasteiger partial charge in [0.2, 0.25) is 0 Å². The second-order valence-corrected chi connectivity index (χ2v) is 5.65. The summed E-state index contributed by atoms with van der Waals surface area (Å²) in [6.07, 6.45) is 9.00. The molecular weight excluding hydrogens is 258 g/mol. The van der Waals surface area contributed by atoms with Crippen LogP contribution in [0.1, 0.15) is 24.8 Å². The van der Waals surface area contributed by atoms with Gasteiger partial charge in [-0.05, 0) is 54.8 Å². The van der Waals surface area contributed by atoms with Crippen molar-refractivity contribution in [2.75, 3.05) is 13.1 Å². The Balaban J connectivity index is 1.74. The van der Waals surface area contributed by atoms with Crippen LogP contribution in [0.25, 0.3) is 6.08 Å². The van der Waals surface area contributed by atoms with Crippen LogP contribution in [0.2, 0.25) is 0 Å². The third-order valence-electron chi connectivity index (χ3n) is 3.24. The highest BCUT2D eigenvalue weighted by Gasteiger charge is 2.26. The molecule has 0 bridgehead atoms. The zero-order valence-electron chi connectivity index (χ0n) is 10.6. The molecule has 1 fully saturated rings. The molecule has 0 aliphatic carbocycles. The van der Waals surface area contributed by atoms with E-state index in [9.17, 15) is 4.79 Å². The maximum absolute atomic E-state index is 11.9. The molecule has 98 valence electrons. The molecule has 1 aromatic rings. The minimum atomic E-state index is -0.123. The van der Waals surface area contributed by atoms with Gasteiger partial charge < -0.3 is 4.90 Å². The molecule has 0 aromatic carbocycles. The molecule has 0 radical (unpaired) electrons. The van der Waals surface area contributed by atoms with Crippen molar-refractivity contribution in [3.05, 3.63) is 35.0 Å². The van der Waals surface area contributed by atoms with Gasteiger partial charge in [-0.15, -0.1) is 0 Å². The van der Waals surface area contributed by atoms with Gasteiger partial charge in [-0.3, -0.25) is 9.78 Å². The summed E-state index contributed by atoms with van der Waals surface area (Å²) in [5.41, 5.74) is 0.987. The first-order valence-corrected chi connectivity index (χ1v) is 7.32. The van der Waals surface area contributed by atoms with Crippen LogP contribution in [-0.2, 0) is 4.79 Å². The minimum Gasteiger partial charge on any atom is -0.351 e. The first kappa shape index (κ1) is 12.4. The number of rotatable bonds is 1. The Bertz CT molecular complexity index is 533. The predicted octanol–water partition coefficient (Wildman–Crippen LogP) is 2.54. The van der Waals surface area contributed by atoms with E-state index in [1.165, 1.54) is 31.0 Å². The third-order valence-corrected chi connectivity index (χ3v) is 4.28. The second-order valence-electron chi connectivity index (χ2n) is 4.64. The molecule has 1 amide bonds. The fraction of sp³-hybridized carbons (Fsp3) is 0.357. The molecule has 19 heavy (non-hydrogen) atoms. The zero-order valence-corrected chi connectivity index (χ0v) is 11.4. The Morgan fingerprint density at radius 2 is 1.89 bits per heavy atom. The summed E-state index contributed by atoms with van der Waals surface area (Å²) in [5, 5.41) is 0.866. The van der Waals surface area contributed by atoms with Gasteiger partial charge in [0.15, 0.2) is 5.17 Å². The third kappa shape index (κ3) is 2.87. The van der Waals surface area contributed by atoms with Gasteiger partial charge in [0.05, 0.1) is 4.91 Å². The molecule has 1 saturated heterocycles. The lowest BCUT2D eigenvalue weighted by Crippen LogP contribution is -2.33. The van der Waals surface area contributed by atoms with Crippen molar-refractivity contribution in [2.45, 2.75) is 19.3 Å². The van der Waals surface area contributed by atoms with E-state index >= 15 is 0 Å². The summed E-state index contributed by atoms with van der Waals surface area (Å²) in [6, 6.07) is 3.78. The summed E-state index contributed by atoms with van der Waals surface area (Å²) in [6.45, 7) is 2.03. The van der Waals surface area contributed by atoms with Crippen LogP contribution < -0.4 is 0 Å². The molecule has 3 heterocycles. The van der Waals surface area contributed by atoms with E-state index < -0.39 is 0 Å². The van der Waals surface area contributed by atoms with Crippen LogP contribution >= 0.6 is 11.8 Å². The topological polar surface area (TPSA) is 45.6 Å². The summed E-state index contributed by atoms with van der Waals surface area (Å²) in [4.78, 5) is 23.0. The first-order valence-electron chi connectivity index (χ1n) is 6.50. The highest BCUT2D eigenvalue weighted by atomic mass is 32.2. The number of aliphatic imine (C=N–C) groups is 1. The van der Waals surface area contributed by atoms with Crippen molar-refractivity contribution in [2.24, 2.45) is 4.99 Å². The number of thioether (sulfide) groups is 1. The van der Waals surface area contributed by atoms with Crippen molar-refractivity contribution in [3.8, 4) is 0 Å². The van der Waals surface area contributed by atoms with E-state index in [2.05, 4.69) is 14.9 Å². The van der Waals surface area contributed by atoms with E-state index in [0.29, 0.717) is 4.91 Å². The van der Waals surface area contributed by atoms with Crippen molar-refractivity contribution < 1.29 is 4.79 Å². The first-order chi connectivity index (χ1) is 9.33. The molecule has 4 nitrogen and oxygen atoms in total. The molecular formula is C14H15N3OS. The standard InChI is InChI=1S/C14H15N3OS/c18-13-12(10-11-4-6-15-7-5-11)19-14(16-13)17-8-2-1-3-9-17/h4-7,10H,1-3,8-9H2/b12-10-. The minimum absolute atomic E-state index is 0.123. The number of carbonyl (C=O) groups excluding carboxylic acids is 1. The quantitative estimate of drug-likeness (QED) is 0.738. The Hall–Kier alpha value is -1.62. The average Bonchev–Trinajstić information content (AvgIpc) is 2.82. The van der Waals surface area contributed by atoms with E-state index in [4.69, 9.17) is 0 Å². The Kier molecular flexibility index (Phi) is 3.64. The number of hydrogen-bond donors (Lipinski definition) is 0. The highest BCUT2D eigenvalue weighted by Crippen LogP contribution is 2.31. The van der Waals surface area contributed by atoms with Gasteiger partial charge in [0.25, 0.3) is 5.91 Å². The fourth-order valence-corrected chi connectivity index (χ4v) is 3.19. The fourth-order valence-electron chi connectivity index (χ4n) is 2.23. The van der Waals surface area contributed by atoms with E-state index in [0.717, 1.165) is 23.8 Å². The lowest BCUT2D eigenvalue weighted by molar-refractivity contribution is -0.113. The lowest BCUT2D eigenvalue weighted by Gasteiger charge is -2.27. The maximum atomic E-state index is 11.9. The molecule has 0 atom stereocenters. The molecule has 3 rings (SSSR count). The van der Waals surface area contributed by atoms with Crippen molar-refractivity contribution in [1.29, 1.82) is 0 Å². The maximum Gasteiger partial charge on any atom is 0.286 e. The average molecular weight is 273 g/mol. The molecule has 0 saturated carbocycles. The SMILES string of the molecule is O=C1N=C(N2CCCCC2)S/C1=C\c1ccncc1. The molecule has 1 aromatic heterocycles. The van der Waals surface area contributed by atoms with E-state index in [-0.39, 0.29) is 5.91 Å². The summed E-state index contributed by atoms with van der Waals surface area (Å²) < 4.78 is 0. The normalized spacial score (nSPS) is 21.9. The van der Waals surface area contributed by atoms with Gasteiger partial charge in [-0.25, -0.2) is 0 Å². The number of amidine groups is 1. The van der Waals surface area contributed by atoms with Crippen LogP contribution in [0, 0.1) is 0 Å². The van der Waals surface area contributed by atoms with Gasteiger partial charge >= 0.3 is 0 Å². The smallest absolute Gasteiger partial charge is 0.286 e. The molecule has 0 unspecified atom stereocenters.